The van der Waals surface area contributed by atoms with Crippen LogP contribution in [-0.4, -0.2) is 43.6 Å². The lowest BCUT2D eigenvalue weighted by molar-refractivity contribution is -0.0510. The van der Waals surface area contributed by atoms with Crippen LogP contribution in [0.2, 0.25) is 0 Å². The summed E-state index contributed by atoms with van der Waals surface area (Å²) in [5, 5.41) is 2.12. The Bertz CT molecular complexity index is 243. The van der Waals surface area contributed by atoms with Crippen LogP contribution in [0.5, 0.6) is 0 Å². The van der Waals surface area contributed by atoms with Crippen molar-refractivity contribution in [3.05, 3.63) is 0 Å². The molecular formula is C6H15F3N2O3S. The third-order valence-corrected chi connectivity index (χ3v) is 1.96. The van der Waals surface area contributed by atoms with Crippen molar-refractivity contribution < 1.29 is 26.1 Å². The minimum Gasteiger partial charge on any atom is -0.279 e. The Balaban J connectivity index is 0. The fourth-order valence-corrected chi connectivity index (χ4v) is 0.540. The Morgan fingerprint density at radius 2 is 1.53 bits per heavy atom. The first-order chi connectivity index (χ1) is 6.60. The van der Waals surface area contributed by atoms with E-state index in [0.717, 1.165) is 13.1 Å². The average molecular weight is 252 g/mol. The maximum atomic E-state index is 10.7. The van der Waals surface area contributed by atoms with Crippen molar-refractivity contribution in [3.63, 3.8) is 0 Å². The van der Waals surface area contributed by atoms with Gasteiger partial charge in [-0.05, 0) is 7.05 Å². The molecule has 0 aromatic heterocycles. The van der Waals surface area contributed by atoms with Gasteiger partial charge in [-0.2, -0.15) is 21.6 Å². The zero-order chi connectivity index (χ0) is 12.7. The lowest BCUT2D eigenvalue weighted by Gasteiger charge is -2.14. The van der Waals surface area contributed by atoms with Gasteiger partial charge in [0.1, 0.15) is 0 Å². The Labute approximate surface area is 87.0 Å². The first kappa shape index (κ1) is 17.0. The van der Waals surface area contributed by atoms with Crippen LogP contribution in [0.4, 0.5) is 13.2 Å². The van der Waals surface area contributed by atoms with E-state index in [9.17, 15) is 13.2 Å². The van der Waals surface area contributed by atoms with Crippen molar-refractivity contribution in [2.24, 2.45) is 0 Å². The van der Waals surface area contributed by atoms with E-state index in [1.165, 1.54) is 0 Å². The second-order valence-electron chi connectivity index (χ2n) is 2.32. The molecule has 0 aromatic rings. The number of nitrogens with zero attached hydrogens (tertiary/aromatic N) is 1. The number of alkyl halides is 3. The SMILES string of the molecule is CCN(CC)NC.O=S(=O)(O)C(F)(F)F. The number of hydrogen-bond donors (Lipinski definition) is 2. The molecule has 0 unspecified atom stereocenters. The fourth-order valence-electron chi connectivity index (χ4n) is 0.540. The van der Waals surface area contributed by atoms with Crippen LogP contribution in [-0.2, 0) is 10.1 Å². The predicted octanol–water partition coefficient (Wildman–Crippen LogP) is 0.857. The number of hydrogen-bond acceptors (Lipinski definition) is 4. The van der Waals surface area contributed by atoms with Gasteiger partial charge in [0.15, 0.2) is 0 Å². The summed E-state index contributed by atoms with van der Waals surface area (Å²) in [6, 6.07) is 0. The predicted molar refractivity (Wildman–Crippen MR) is 49.6 cm³/mol. The van der Waals surface area contributed by atoms with E-state index in [-0.39, 0.29) is 0 Å². The van der Waals surface area contributed by atoms with Crippen LogP contribution in [0.3, 0.4) is 0 Å². The molecule has 0 saturated carbocycles. The van der Waals surface area contributed by atoms with Crippen molar-refractivity contribution in [2.75, 3.05) is 20.1 Å². The summed E-state index contributed by atoms with van der Waals surface area (Å²) >= 11 is 0. The van der Waals surface area contributed by atoms with Crippen LogP contribution in [0.15, 0.2) is 0 Å². The number of hydrazine groups is 1. The van der Waals surface area contributed by atoms with Gasteiger partial charge in [0.2, 0.25) is 0 Å². The molecule has 9 heteroatoms. The summed E-state index contributed by atoms with van der Waals surface area (Å²) in [5.74, 6) is 0. The first-order valence-electron chi connectivity index (χ1n) is 4.06. The number of halogens is 3. The summed E-state index contributed by atoms with van der Waals surface area (Å²) in [4.78, 5) is 0. The highest BCUT2D eigenvalue weighted by atomic mass is 32.2. The van der Waals surface area contributed by atoms with Gasteiger partial charge in [0, 0.05) is 13.1 Å². The molecule has 0 heterocycles. The third kappa shape index (κ3) is 8.60. The summed E-state index contributed by atoms with van der Waals surface area (Å²) < 4.78 is 57.5. The van der Waals surface area contributed by atoms with Gasteiger partial charge in [0.25, 0.3) is 0 Å². The van der Waals surface area contributed by atoms with Gasteiger partial charge in [-0.1, -0.05) is 13.8 Å². The zero-order valence-corrected chi connectivity index (χ0v) is 9.48. The standard InChI is InChI=1S/C5H14N2.CHF3O3S/c1-4-7(5-2)6-3;2-1(3,4)8(5,6)7/h6H,4-5H2,1-3H3;(H,5,6,7). The molecule has 0 rings (SSSR count). The van der Waals surface area contributed by atoms with E-state index in [0.29, 0.717) is 0 Å². The molecule has 0 spiro atoms. The Kier molecular flexibility index (Phi) is 7.93. The van der Waals surface area contributed by atoms with Crippen LogP contribution < -0.4 is 5.43 Å². The van der Waals surface area contributed by atoms with Crippen molar-refractivity contribution in [2.45, 2.75) is 19.4 Å². The van der Waals surface area contributed by atoms with E-state index in [1.807, 2.05) is 7.05 Å². The second-order valence-corrected chi connectivity index (χ2v) is 3.73. The molecule has 0 amide bonds. The van der Waals surface area contributed by atoms with E-state index >= 15 is 0 Å². The summed E-state index contributed by atoms with van der Waals surface area (Å²) in [6.07, 6.45) is 0. The minimum atomic E-state index is -5.84. The smallest absolute Gasteiger partial charge is 0.279 e. The molecule has 0 radical (unpaired) electrons. The van der Waals surface area contributed by atoms with Gasteiger partial charge < -0.3 is 0 Å². The molecule has 94 valence electrons. The van der Waals surface area contributed by atoms with E-state index < -0.39 is 15.6 Å². The number of rotatable bonds is 3. The zero-order valence-electron chi connectivity index (χ0n) is 8.67. The van der Waals surface area contributed by atoms with E-state index in [1.54, 1.807) is 0 Å². The van der Waals surface area contributed by atoms with Crippen molar-refractivity contribution in [3.8, 4) is 0 Å². The quantitative estimate of drug-likeness (QED) is 0.443. The largest absolute Gasteiger partial charge is 0.522 e. The van der Waals surface area contributed by atoms with Gasteiger partial charge in [-0.3, -0.25) is 9.98 Å². The van der Waals surface area contributed by atoms with Crippen molar-refractivity contribution in [1.82, 2.24) is 10.4 Å². The molecule has 0 saturated heterocycles. The van der Waals surface area contributed by atoms with Crippen LogP contribution in [0, 0.1) is 0 Å². The molecule has 0 aliphatic rings. The lowest BCUT2D eigenvalue weighted by atomic mass is 10.6. The first-order valence-corrected chi connectivity index (χ1v) is 5.50. The molecule has 0 aliphatic heterocycles. The normalized spacial score (nSPS) is 12.3. The molecule has 15 heavy (non-hydrogen) atoms. The Morgan fingerprint density at radius 1 is 1.27 bits per heavy atom. The highest BCUT2D eigenvalue weighted by Crippen LogP contribution is 2.20. The molecule has 5 nitrogen and oxygen atoms in total. The van der Waals surface area contributed by atoms with Gasteiger partial charge in [-0.15, -0.1) is 0 Å². The minimum absolute atomic E-state index is 1.08. The lowest BCUT2D eigenvalue weighted by Crippen LogP contribution is -2.34. The monoisotopic (exact) mass is 252 g/mol. The molecule has 0 aliphatic carbocycles. The Hall–Kier alpha value is -0.380. The van der Waals surface area contributed by atoms with Crippen LogP contribution in [0.1, 0.15) is 13.8 Å². The van der Waals surface area contributed by atoms with Gasteiger partial charge in [-0.25, -0.2) is 5.01 Å². The molecule has 0 aromatic carbocycles. The van der Waals surface area contributed by atoms with Crippen LogP contribution in [0.25, 0.3) is 0 Å². The van der Waals surface area contributed by atoms with Gasteiger partial charge in [0.05, 0.1) is 0 Å². The van der Waals surface area contributed by atoms with Crippen LogP contribution >= 0.6 is 0 Å². The summed E-state index contributed by atoms with van der Waals surface area (Å²) in [7, 11) is -3.90. The topological polar surface area (TPSA) is 69.6 Å². The maximum absolute atomic E-state index is 10.7. The molecule has 0 bridgehead atoms. The summed E-state index contributed by atoms with van der Waals surface area (Å²) in [5.41, 5.74) is -2.50. The van der Waals surface area contributed by atoms with Crippen molar-refractivity contribution >= 4 is 10.1 Å². The molecule has 0 fully saturated rings. The van der Waals surface area contributed by atoms with Crippen molar-refractivity contribution in [1.29, 1.82) is 0 Å². The van der Waals surface area contributed by atoms with Gasteiger partial charge >= 0.3 is 15.6 Å². The Morgan fingerprint density at radius 3 is 1.53 bits per heavy atom. The van der Waals surface area contributed by atoms with E-state index in [2.05, 4.69) is 24.3 Å². The fraction of sp³-hybridized carbons (Fsp3) is 1.00. The average Bonchev–Trinajstić information content (AvgIpc) is 2.05. The maximum Gasteiger partial charge on any atom is 0.522 e. The highest BCUT2D eigenvalue weighted by molar-refractivity contribution is 7.86. The van der Waals surface area contributed by atoms with E-state index in [4.69, 9.17) is 13.0 Å². The molecule has 2 N–H and O–H groups in total. The molecular weight excluding hydrogens is 237 g/mol. The second kappa shape index (κ2) is 6.99. The number of nitrogens with one attached hydrogen (secondary N) is 1. The molecule has 0 atom stereocenters. The third-order valence-electron chi connectivity index (χ3n) is 1.37. The summed E-state index contributed by atoms with van der Waals surface area (Å²) in [6.45, 7) is 6.40. The highest BCUT2D eigenvalue weighted by Gasteiger charge is 2.44.